The summed E-state index contributed by atoms with van der Waals surface area (Å²) >= 11 is 1.26. The summed E-state index contributed by atoms with van der Waals surface area (Å²) in [5, 5.41) is 7.98. The summed E-state index contributed by atoms with van der Waals surface area (Å²) in [6.45, 7) is 1.84. The number of aryl methyl sites for hydroxylation is 1. The molecule has 5 nitrogen and oxygen atoms in total. The van der Waals surface area contributed by atoms with E-state index in [1.54, 1.807) is 23.6 Å². The van der Waals surface area contributed by atoms with Crippen molar-refractivity contribution >= 4 is 28.8 Å². The topological polar surface area (TPSA) is 71.1 Å². The van der Waals surface area contributed by atoms with Crippen molar-refractivity contribution in [2.24, 2.45) is 0 Å². The Bertz CT molecular complexity index is 1150. The molecule has 4 rings (SSSR count). The van der Waals surface area contributed by atoms with E-state index in [1.165, 1.54) is 23.5 Å². The molecule has 9 heteroatoms. The van der Waals surface area contributed by atoms with Crippen LogP contribution >= 0.6 is 11.3 Å². The van der Waals surface area contributed by atoms with Gasteiger partial charge < -0.3 is 10.6 Å². The van der Waals surface area contributed by atoms with E-state index in [9.17, 15) is 22.8 Å². The van der Waals surface area contributed by atoms with Crippen molar-refractivity contribution in [2.45, 2.75) is 38.4 Å². The van der Waals surface area contributed by atoms with Crippen molar-refractivity contribution in [3.63, 3.8) is 0 Å². The van der Waals surface area contributed by atoms with Gasteiger partial charge in [0.25, 0.3) is 5.91 Å². The molecule has 1 aromatic heterocycles. The average Bonchev–Trinajstić information content (AvgIpc) is 3.44. The van der Waals surface area contributed by atoms with Crippen LogP contribution in [0.15, 0.2) is 47.8 Å². The Morgan fingerprint density at radius 1 is 1.12 bits per heavy atom. The zero-order valence-corrected chi connectivity index (χ0v) is 17.9. The van der Waals surface area contributed by atoms with Gasteiger partial charge in [0.1, 0.15) is 5.01 Å². The Balaban J connectivity index is 1.41. The third kappa shape index (κ3) is 5.34. The summed E-state index contributed by atoms with van der Waals surface area (Å²) in [6.07, 6.45) is -2.40. The first kappa shape index (κ1) is 22.0. The number of alkyl halides is 3. The van der Waals surface area contributed by atoms with Crippen LogP contribution in [-0.4, -0.2) is 22.8 Å². The van der Waals surface area contributed by atoms with Crippen LogP contribution < -0.4 is 10.6 Å². The summed E-state index contributed by atoms with van der Waals surface area (Å²) < 4.78 is 38.2. The van der Waals surface area contributed by atoms with Gasteiger partial charge in [-0.05, 0) is 49.6 Å². The molecule has 1 aliphatic rings. The lowest BCUT2D eigenvalue weighted by Gasteiger charge is -2.10. The number of anilines is 1. The SMILES string of the molecule is Cc1ccc(C(=O)NC2CC2)cc1NC(=O)Cc1csc(-c2ccc(C(F)(F)F)cc2)n1. The van der Waals surface area contributed by atoms with Crippen molar-refractivity contribution in [1.82, 2.24) is 10.3 Å². The summed E-state index contributed by atoms with van der Waals surface area (Å²) in [5.74, 6) is -0.458. The van der Waals surface area contributed by atoms with Gasteiger partial charge in [0.15, 0.2) is 0 Å². The molecule has 32 heavy (non-hydrogen) atoms. The third-order valence-corrected chi connectivity index (χ3v) is 5.98. The number of hydrogen-bond donors (Lipinski definition) is 2. The molecule has 0 unspecified atom stereocenters. The van der Waals surface area contributed by atoms with Crippen LogP contribution in [0.5, 0.6) is 0 Å². The second-order valence-corrected chi connectivity index (χ2v) is 8.58. The normalized spacial score (nSPS) is 13.6. The lowest BCUT2D eigenvalue weighted by Crippen LogP contribution is -2.25. The number of amides is 2. The number of aromatic nitrogens is 1. The minimum atomic E-state index is -4.39. The summed E-state index contributed by atoms with van der Waals surface area (Å²) in [5.41, 5.74) is 2.21. The van der Waals surface area contributed by atoms with Crippen LogP contribution in [0.2, 0.25) is 0 Å². The maximum absolute atomic E-state index is 12.7. The van der Waals surface area contributed by atoms with Gasteiger partial charge in [0.2, 0.25) is 5.91 Å². The Labute approximate surface area is 186 Å². The minimum absolute atomic E-state index is 0.00900. The van der Waals surface area contributed by atoms with E-state index >= 15 is 0 Å². The molecule has 1 saturated carbocycles. The number of nitrogens with zero attached hydrogens (tertiary/aromatic N) is 1. The highest BCUT2D eigenvalue weighted by Gasteiger charge is 2.30. The number of carbonyl (C=O) groups is 2. The van der Waals surface area contributed by atoms with Crippen molar-refractivity contribution in [3.8, 4) is 10.6 Å². The number of thiazole rings is 1. The van der Waals surface area contributed by atoms with E-state index in [4.69, 9.17) is 0 Å². The molecule has 1 heterocycles. The van der Waals surface area contributed by atoms with E-state index in [0.29, 0.717) is 27.5 Å². The van der Waals surface area contributed by atoms with Crippen LogP contribution in [0, 0.1) is 6.92 Å². The first-order valence-corrected chi connectivity index (χ1v) is 10.9. The number of benzene rings is 2. The minimum Gasteiger partial charge on any atom is -0.349 e. The summed E-state index contributed by atoms with van der Waals surface area (Å²) in [6, 6.07) is 10.2. The van der Waals surface area contributed by atoms with E-state index in [2.05, 4.69) is 15.6 Å². The molecule has 0 atom stereocenters. The molecule has 0 spiro atoms. The second kappa shape index (κ2) is 8.74. The monoisotopic (exact) mass is 459 g/mol. The molecular formula is C23H20F3N3O2S. The smallest absolute Gasteiger partial charge is 0.349 e. The van der Waals surface area contributed by atoms with E-state index in [1.807, 2.05) is 6.92 Å². The van der Waals surface area contributed by atoms with Crippen molar-refractivity contribution in [3.05, 3.63) is 70.2 Å². The highest BCUT2D eigenvalue weighted by molar-refractivity contribution is 7.13. The first-order valence-electron chi connectivity index (χ1n) is 10.0. The number of halogens is 3. The average molecular weight is 459 g/mol. The molecule has 0 bridgehead atoms. The zero-order chi connectivity index (χ0) is 22.9. The molecule has 1 fully saturated rings. The number of nitrogens with one attached hydrogen (secondary N) is 2. The molecule has 166 valence electrons. The Kier molecular flexibility index (Phi) is 6.01. The van der Waals surface area contributed by atoms with E-state index < -0.39 is 11.7 Å². The largest absolute Gasteiger partial charge is 0.416 e. The van der Waals surface area contributed by atoms with Gasteiger partial charge in [-0.1, -0.05) is 18.2 Å². The lowest BCUT2D eigenvalue weighted by molar-refractivity contribution is -0.137. The lowest BCUT2D eigenvalue weighted by atomic mass is 10.1. The summed E-state index contributed by atoms with van der Waals surface area (Å²) in [4.78, 5) is 29.2. The molecule has 2 amide bonds. The predicted octanol–water partition coefficient (Wildman–Crippen LogP) is 5.21. The van der Waals surface area contributed by atoms with E-state index in [0.717, 1.165) is 30.5 Å². The quantitative estimate of drug-likeness (QED) is 0.532. The maximum Gasteiger partial charge on any atom is 0.416 e. The number of carbonyl (C=O) groups excluding carboxylic acids is 2. The summed E-state index contributed by atoms with van der Waals surface area (Å²) in [7, 11) is 0. The van der Waals surface area contributed by atoms with Gasteiger partial charge in [0.05, 0.1) is 17.7 Å². The third-order valence-electron chi connectivity index (χ3n) is 5.04. The Hall–Kier alpha value is -3.20. The maximum atomic E-state index is 12.7. The van der Waals surface area contributed by atoms with Gasteiger partial charge in [-0.3, -0.25) is 9.59 Å². The van der Waals surface area contributed by atoms with Crippen molar-refractivity contribution < 1.29 is 22.8 Å². The molecule has 1 aliphatic carbocycles. The van der Waals surface area contributed by atoms with Gasteiger partial charge >= 0.3 is 6.18 Å². The number of hydrogen-bond acceptors (Lipinski definition) is 4. The number of rotatable bonds is 6. The molecule has 0 saturated heterocycles. The molecule has 2 N–H and O–H groups in total. The molecule has 2 aromatic carbocycles. The fraction of sp³-hybridized carbons (Fsp3) is 0.261. The van der Waals surface area contributed by atoms with Gasteiger partial charge in [0, 0.05) is 28.2 Å². The molecule has 0 aliphatic heterocycles. The molecular weight excluding hydrogens is 439 g/mol. The van der Waals surface area contributed by atoms with Crippen LogP contribution in [-0.2, 0) is 17.4 Å². The first-order chi connectivity index (χ1) is 15.2. The molecule has 3 aromatic rings. The van der Waals surface area contributed by atoms with Crippen molar-refractivity contribution in [1.29, 1.82) is 0 Å². The van der Waals surface area contributed by atoms with Crippen LogP contribution in [0.25, 0.3) is 10.6 Å². The predicted molar refractivity (Wildman–Crippen MR) is 117 cm³/mol. The Morgan fingerprint density at radius 3 is 2.50 bits per heavy atom. The van der Waals surface area contributed by atoms with Gasteiger partial charge in [-0.25, -0.2) is 4.98 Å². The Morgan fingerprint density at radius 2 is 1.84 bits per heavy atom. The van der Waals surface area contributed by atoms with E-state index in [-0.39, 0.29) is 24.3 Å². The van der Waals surface area contributed by atoms with Crippen molar-refractivity contribution in [2.75, 3.05) is 5.32 Å². The standard InChI is InChI=1S/C23H20F3N3O2S/c1-13-2-3-15(21(31)27-17-8-9-17)10-19(13)29-20(30)11-18-12-32-22(28-18)14-4-6-16(7-5-14)23(24,25)26/h2-7,10,12,17H,8-9,11H2,1H3,(H,27,31)(H,29,30). The highest BCUT2D eigenvalue weighted by atomic mass is 32.1. The van der Waals surface area contributed by atoms with Gasteiger partial charge in [-0.15, -0.1) is 11.3 Å². The van der Waals surface area contributed by atoms with Crippen LogP contribution in [0.4, 0.5) is 18.9 Å². The van der Waals surface area contributed by atoms with Crippen LogP contribution in [0.3, 0.4) is 0 Å². The fourth-order valence-electron chi connectivity index (χ4n) is 3.08. The second-order valence-electron chi connectivity index (χ2n) is 7.72. The van der Waals surface area contributed by atoms with Gasteiger partial charge in [-0.2, -0.15) is 13.2 Å². The molecule has 0 radical (unpaired) electrons. The fourth-order valence-corrected chi connectivity index (χ4v) is 3.90. The van der Waals surface area contributed by atoms with Crippen LogP contribution in [0.1, 0.15) is 40.0 Å². The highest BCUT2D eigenvalue weighted by Crippen LogP contribution is 2.32. The zero-order valence-electron chi connectivity index (χ0n) is 17.1.